The topological polar surface area (TPSA) is 100 Å². The molecule has 24 heavy (non-hydrogen) atoms. The predicted molar refractivity (Wildman–Crippen MR) is 94.5 cm³/mol. The summed E-state index contributed by atoms with van der Waals surface area (Å²) in [6.07, 6.45) is 0.812. The molecule has 8 heteroatoms. The van der Waals surface area contributed by atoms with Crippen molar-refractivity contribution >= 4 is 34.6 Å². The van der Waals surface area contributed by atoms with Crippen LogP contribution in [0, 0.1) is 0 Å². The van der Waals surface area contributed by atoms with Crippen LogP contribution in [0.15, 0.2) is 23.6 Å². The van der Waals surface area contributed by atoms with Crippen LogP contribution in [0.25, 0.3) is 0 Å². The molecule has 1 aromatic heterocycles. The fourth-order valence-corrected chi connectivity index (χ4v) is 3.27. The highest BCUT2D eigenvalue weighted by Crippen LogP contribution is 2.31. The second-order valence-corrected chi connectivity index (χ2v) is 6.31. The SMILES string of the molecule is CCNC(=O)N1CCc2ccc(NC(=O)c3csc(CN)n3)cc21. The zero-order valence-corrected chi connectivity index (χ0v) is 14.2. The number of hydrogen-bond acceptors (Lipinski definition) is 5. The molecule has 7 nitrogen and oxygen atoms in total. The average molecular weight is 345 g/mol. The van der Waals surface area contributed by atoms with E-state index >= 15 is 0 Å². The molecule has 4 N–H and O–H groups in total. The highest BCUT2D eigenvalue weighted by atomic mass is 32.1. The molecule has 3 rings (SSSR count). The van der Waals surface area contributed by atoms with Gasteiger partial charge in [-0.15, -0.1) is 11.3 Å². The molecule has 2 heterocycles. The van der Waals surface area contributed by atoms with Crippen LogP contribution in [0.2, 0.25) is 0 Å². The fourth-order valence-electron chi connectivity index (χ4n) is 2.62. The van der Waals surface area contributed by atoms with E-state index in [-0.39, 0.29) is 11.9 Å². The molecule has 0 aliphatic carbocycles. The molecule has 0 saturated heterocycles. The molecule has 3 amide bonds. The van der Waals surface area contributed by atoms with Gasteiger partial charge in [-0.1, -0.05) is 6.07 Å². The molecule has 0 saturated carbocycles. The molecule has 1 aromatic carbocycles. The number of carbonyl (C=O) groups excluding carboxylic acids is 2. The number of aromatic nitrogens is 1. The van der Waals surface area contributed by atoms with Crippen LogP contribution >= 0.6 is 11.3 Å². The van der Waals surface area contributed by atoms with Crippen LogP contribution in [0.1, 0.15) is 28.0 Å². The number of hydrogen-bond donors (Lipinski definition) is 3. The molecule has 0 atom stereocenters. The van der Waals surface area contributed by atoms with E-state index in [1.165, 1.54) is 11.3 Å². The lowest BCUT2D eigenvalue weighted by Crippen LogP contribution is -2.38. The maximum Gasteiger partial charge on any atom is 0.321 e. The Morgan fingerprint density at radius 3 is 2.96 bits per heavy atom. The molecule has 0 bridgehead atoms. The van der Waals surface area contributed by atoms with Crippen molar-refractivity contribution in [1.29, 1.82) is 0 Å². The minimum absolute atomic E-state index is 0.119. The molecule has 0 unspecified atom stereocenters. The predicted octanol–water partition coefficient (Wildman–Crippen LogP) is 1.95. The summed E-state index contributed by atoms with van der Waals surface area (Å²) in [7, 11) is 0. The Labute approximate surface area is 143 Å². The number of nitrogens with one attached hydrogen (secondary N) is 2. The zero-order valence-electron chi connectivity index (χ0n) is 13.3. The Hall–Kier alpha value is -2.45. The van der Waals surface area contributed by atoms with E-state index < -0.39 is 0 Å². The van der Waals surface area contributed by atoms with Gasteiger partial charge in [0, 0.05) is 30.7 Å². The summed E-state index contributed by atoms with van der Waals surface area (Å²) in [5, 5.41) is 8.03. The highest BCUT2D eigenvalue weighted by molar-refractivity contribution is 7.09. The third-order valence-electron chi connectivity index (χ3n) is 3.77. The second kappa shape index (κ2) is 6.98. The highest BCUT2D eigenvalue weighted by Gasteiger charge is 2.24. The Bertz CT molecular complexity index is 774. The van der Waals surface area contributed by atoms with Crippen molar-refractivity contribution in [2.24, 2.45) is 5.73 Å². The molecule has 1 aliphatic heterocycles. The largest absolute Gasteiger partial charge is 0.338 e. The number of amides is 3. The number of urea groups is 1. The lowest BCUT2D eigenvalue weighted by molar-refractivity contribution is 0.102. The first-order valence-corrected chi connectivity index (χ1v) is 8.64. The lowest BCUT2D eigenvalue weighted by Gasteiger charge is -2.18. The summed E-state index contributed by atoms with van der Waals surface area (Å²) in [5.74, 6) is -0.284. The molecular weight excluding hydrogens is 326 g/mol. The summed E-state index contributed by atoms with van der Waals surface area (Å²) in [4.78, 5) is 30.2. The maximum atomic E-state index is 12.3. The summed E-state index contributed by atoms with van der Waals surface area (Å²) >= 11 is 1.36. The van der Waals surface area contributed by atoms with Crippen molar-refractivity contribution in [3.8, 4) is 0 Å². The number of rotatable bonds is 4. The Morgan fingerprint density at radius 1 is 1.42 bits per heavy atom. The minimum atomic E-state index is -0.284. The van der Waals surface area contributed by atoms with Crippen LogP contribution in [-0.2, 0) is 13.0 Å². The van der Waals surface area contributed by atoms with Crippen LogP contribution < -0.4 is 21.3 Å². The number of nitrogens with two attached hydrogens (primary N) is 1. The number of anilines is 2. The summed E-state index contributed by atoms with van der Waals surface area (Å²) in [5.41, 5.74) is 8.43. The van der Waals surface area contributed by atoms with Gasteiger partial charge in [0.1, 0.15) is 10.7 Å². The van der Waals surface area contributed by atoms with Gasteiger partial charge >= 0.3 is 6.03 Å². The standard InChI is InChI=1S/C16H19N5O2S/c1-2-18-16(23)21-6-5-10-3-4-11(7-13(10)21)19-15(22)12-9-24-14(8-17)20-12/h3-4,7,9H,2,5-6,8,17H2,1H3,(H,18,23)(H,19,22). The van der Waals surface area contributed by atoms with Gasteiger partial charge in [-0.2, -0.15) is 0 Å². The van der Waals surface area contributed by atoms with E-state index in [9.17, 15) is 9.59 Å². The van der Waals surface area contributed by atoms with Crippen molar-refractivity contribution in [3.63, 3.8) is 0 Å². The first-order valence-electron chi connectivity index (χ1n) is 7.76. The average Bonchev–Trinajstić information content (AvgIpc) is 3.21. The van der Waals surface area contributed by atoms with Gasteiger partial charge in [0.05, 0.1) is 5.69 Å². The van der Waals surface area contributed by atoms with E-state index in [0.29, 0.717) is 31.0 Å². The van der Waals surface area contributed by atoms with Crippen molar-refractivity contribution in [1.82, 2.24) is 10.3 Å². The van der Waals surface area contributed by atoms with E-state index in [2.05, 4.69) is 15.6 Å². The van der Waals surface area contributed by atoms with Gasteiger partial charge in [-0.25, -0.2) is 9.78 Å². The summed E-state index contributed by atoms with van der Waals surface area (Å²) in [6.45, 7) is 3.42. The number of carbonyl (C=O) groups is 2. The molecular formula is C16H19N5O2S. The van der Waals surface area contributed by atoms with Gasteiger partial charge in [0.2, 0.25) is 0 Å². The van der Waals surface area contributed by atoms with Crippen molar-refractivity contribution in [2.75, 3.05) is 23.3 Å². The number of benzene rings is 1. The molecule has 126 valence electrons. The zero-order chi connectivity index (χ0) is 17.1. The fraction of sp³-hybridized carbons (Fsp3) is 0.312. The van der Waals surface area contributed by atoms with E-state index in [1.807, 2.05) is 25.1 Å². The Morgan fingerprint density at radius 2 is 2.25 bits per heavy atom. The quantitative estimate of drug-likeness (QED) is 0.788. The first-order chi connectivity index (χ1) is 11.6. The molecule has 1 aliphatic rings. The monoisotopic (exact) mass is 345 g/mol. The third kappa shape index (κ3) is 3.24. The van der Waals surface area contributed by atoms with Gasteiger partial charge in [0.15, 0.2) is 0 Å². The van der Waals surface area contributed by atoms with Gasteiger partial charge in [-0.3, -0.25) is 9.69 Å². The van der Waals surface area contributed by atoms with Crippen molar-refractivity contribution in [2.45, 2.75) is 19.9 Å². The molecule has 0 radical (unpaired) electrons. The van der Waals surface area contributed by atoms with E-state index in [1.54, 1.807) is 10.3 Å². The smallest absolute Gasteiger partial charge is 0.321 e. The normalized spacial score (nSPS) is 12.8. The van der Waals surface area contributed by atoms with Crippen molar-refractivity contribution in [3.05, 3.63) is 39.8 Å². The molecule has 2 aromatic rings. The van der Waals surface area contributed by atoms with Crippen LogP contribution in [0.3, 0.4) is 0 Å². The van der Waals surface area contributed by atoms with Gasteiger partial charge < -0.3 is 16.4 Å². The van der Waals surface area contributed by atoms with E-state index in [0.717, 1.165) is 22.7 Å². The summed E-state index contributed by atoms with van der Waals surface area (Å²) in [6, 6.07) is 5.49. The summed E-state index contributed by atoms with van der Waals surface area (Å²) < 4.78 is 0. The van der Waals surface area contributed by atoms with Crippen LogP contribution in [0.4, 0.5) is 16.2 Å². The van der Waals surface area contributed by atoms with E-state index in [4.69, 9.17) is 5.73 Å². The molecule has 0 fully saturated rings. The number of thiazole rings is 1. The first kappa shape index (κ1) is 16.4. The third-order valence-corrected chi connectivity index (χ3v) is 4.64. The number of fused-ring (bicyclic) bond motifs is 1. The second-order valence-electron chi connectivity index (χ2n) is 5.37. The Balaban J connectivity index is 1.77. The van der Waals surface area contributed by atoms with Crippen molar-refractivity contribution < 1.29 is 9.59 Å². The minimum Gasteiger partial charge on any atom is -0.338 e. The molecule has 0 spiro atoms. The number of nitrogens with zero attached hydrogens (tertiary/aromatic N) is 2. The van der Waals surface area contributed by atoms with Crippen LogP contribution in [-0.4, -0.2) is 30.0 Å². The lowest BCUT2D eigenvalue weighted by atomic mass is 10.1. The van der Waals surface area contributed by atoms with Gasteiger partial charge in [0.25, 0.3) is 5.91 Å². The van der Waals surface area contributed by atoms with Gasteiger partial charge in [-0.05, 0) is 31.0 Å². The van der Waals surface area contributed by atoms with Crippen LogP contribution in [0.5, 0.6) is 0 Å². The maximum absolute atomic E-state index is 12.3. The Kier molecular flexibility index (Phi) is 4.77.